The second-order valence-electron chi connectivity index (χ2n) is 4.44. The summed E-state index contributed by atoms with van der Waals surface area (Å²) in [7, 11) is 0. The van der Waals surface area contributed by atoms with Crippen molar-refractivity contribution in [3.8, 4) is 0 Å². The number of halogens is 2. The fourth-order valence-electron chi connectivity index (χ4n) is 2.23. The molecule has 94 valence electrons. The highest BCUT2D eigenvalue weighted by molar-refractivity contribution is 5.74. The van der Waals surface area contributed by atoms with Gasteiger partial charge in [-0.05, 0) is 6.07 Å². The number of anilines is 1. The Labute approximate surface area is 102 Å². The van der Waals surface area contributed by atoms with Crippen molar-refractivity contribution >= 4 is 17.6 Å². The van der Waals surface area contributed by atoms with Gasteiger partial charge >= 0.3 is 0 Å². The van der Waals surface area contributed by atoms with E-state index < -0.39 is 5.92 Å². The van der Waals surface area contributed by atoms with Crippen LogP contribution in [0.4, 0.5) is 14.5 Å². The molecule has 3 heterocycles. The van der Waals surface area contributed by atoms with Gasteiger partial charge in [-0.1, -0.05) is 0 Å². The molecule has 1 aliphatic rings. The average Bonchev–Trinajstić information content (AvgIpc) is 2.91. The zero-order chi connectivity index (χ0) is 12.8. The van der Waals surface area contributed by atoms with E-state index >= 15 is 0 Å². The highest BCUT2D eigenvalue weighted by atomic mass is 19.3. The second kappa shape index (κ2) is 3.76. The molecule has 0 amide bonds. The number of carbonyl (C=O) groups excluding carboxylic acids is 1. The largest absolute Gasteiger partial charge is 0.365 e. The Balaban J connectivity index is 1.97. The molecule has 3 rings (SSSR count). The van der Waals surface area contributed by atoms with Crippen molar-refractivity contribution in [3.05, 3.63) is 30.2 Å². The first-order valence-corrected chi connectivity index (χ1v) is 5.64. The molecule has 1 aliphatic heterocycles. The molecule has 0 aromatic carbocycles. The first kappa shape index (κ1) is 11.1. The lowest BCUT2D eigenvalue weighted by molar-refractivity contribution is 0.0257. The molecule has 1 fully saturated rings. The van der Waals surface area contributed by atoms with Gasteiger partial charge in [0.1, 0.15) is 11.3 Å². The van der Waals surface area contributed by atoms with Crippen molar-refractivity contribution in [1.82, 2.24) is 9.38 Å². The van der Waals surface area contributed by atoms with Crippen molar-refractivity contribution in [2.75, 3.05) is 18.0 Å². The monoisotopic (exact) mass is 251 g/mol. The number of rotatable bonds is 2. The summed E-state index contributed by atoms with van der Waals surface area (Å²) in [6.07, 6.45) is 3.73. The predicted molar refractivity (Wildman–Crippen MR) is 62.4 cm³/mol. The minimum Gasteiger partial charge on any atom is -0.365 e. The minimum absolute atomic E-state index is 0.119. The van der Waals surface area contributed by atoms with Crippen molar-refractivity contribution < 1.29 is 13.6 Å². The highest BCUT2D eigenvalue weighted by Crippen LogP contribution is 2.31. The van der Waals surface area contributed by atoms with E-state index in [-0.39, 0.29) is 13.0 Å². The zero-order valence-electron chi connectivity index (χ0n) is 9.51. The van der Waals surface area contributed by atoms with E-state index in [0.717, 1.165) is 0 Å². The van der Waals surface area contributed by atoms with Crippen molar-refractivity contribution in [3.63, 3.8) is 0 Å². The quantitative estimate of drug-likeness (QED) is 0.766. The summed E-state index contributed by atoms with van der Waals surface area (Å²) in [4.78, 5) is 16.4. The predicted octanol–water partition coefficient (Wildman–Crippen LogP) is 1.99. The lowest BCUT2D eigenvalue weighted by atomic mass is 10.3. The maximum absolute atomic E-state index is 13.1. The van der Waals surface area contributed by atoms with Crippen LogP contribution in [0.2, 0.25) is 0 Å². The van der Waals surface area contributed by atoms with Crippen molar-refractivity contribution in [2.45, 2.75) is 12.3 Å². The molecular formula is C12H11F2N3O. The van der Waals surface area contributed by atoms with E-state index in [1.165, 1.54) is 6.20 Å². The summed E-state index contributed by atoms with van der Waals surface area (Å²) in [5, 5.41) is 0. The van der Waals surface area contributed by atoms with Crippen LogP contribution >= 0.6 is 0 Å². The molecule has 0 N–H and O–H groups in total. The van der Waals surface area contributed by atoms with Gasteiger partial charge in [0.2, 0.25) is 0 Å². The molecule has 0 bridgehead atoms. The number of alkyl halides is 2. The summed E-state index contributed by atoms with van der Waals surface area (Å²) in [5.41, 5.74) is 1.75. The number of pyridine rings is 1. The van der Waals surface area contributed by atoms with Crippen LogP contribution in [0, 0.1) is 0 Å². The van der Waals surface area contributed by atoms with Crippen LogP contribution in [-0.2, 0) is 0 Å². The zero-order valence-corrected chi connectivity index (χ0v) is 9.51. The van der Waals surface area contributed by atoms with Crippen LogP contribution in [0.15, 0.2) is 24.5 Å². The Hall–Kier alpha value is -1.98. The Morgan fingerprint density at radius 3 is 2.94 bits per heavy atom. The molecule has 0 unspecified atom stereocenters. The minimum atomic E-state index is -2.62. The molecule has 1 saturated heterocycles. The summed E-state index contributed by atoms with van der Waals surface area (Å²) in [5.74, 6) is -2.62. The van der Waals surface area contributed by atoms with Gasteiger partial charge < -0.3 is 4.90 Å². The second-order valence-corrected chi connectivity index (χ2v) is 4.44. The number of aldehydes is 1. The maximum atomic E-state index is 13.1. The van der Waals surface area contributed by atoms with Crippen LogP contribution in [0.5, 0.6) is 0 Å². The molecule has 0 saturated carbocycles. The Morgan fingerprint density at radius 2 is 2.28 bits per heavy atom. The van der Waals surface area contributed by atoms with E-state index in [1.54, 1.807) is 27.6 Å². The first-order chi connectivity index (χ1) is 8.59. The number of fused-ring (bicyclic) bond motifs is 1. The first-order valence-electron chi connectivity index (χ1n) is 5.64. The number of imidazole rings is 1. The SMILES string of the molecule is O=Cc1cnc2cc(N3CCC(F)(F)C3)ccn12. The van der Waals surface area contributed by atoms with Gasteiger partial charge in [-0.25, -0.2) is 13.8 Å². The fourth-order valence-corrected chi connectivity index (χ4v) is 2.23. The molecule has 18 heavy (non-hydrogen) atoms. The van der Waals surface area contributed by atoms with Crippen LogP contribution in [0.25, 0.3) is 5.65 Å². The third-order valence-electron chi connectivity index (χ3n) is 3.18. The summed E-state index contributed by atoms with van der Waals surface area (Å²) < 4.78 is 27.9. The highest BCUT2D eigenvalue weighted by Gasteiger charge is 2.38. The van der Waals surface area contributed by atoms with Gasteiger partial charge in [0.25, 0.3) is 5.92 Å². The average molecular weight is 251 g/mol. The van der Waals surface area contributed by atoms with Crippen molar-refractivity contribution in [1.29, 1.82) is 0 Å². The third kappa shape index (κ3) is 1.73. The maximum Gasteiger partial charge on any atom is 0.266 e. The molecule has 0 radical (unpaired) electrons. The van der Waals surface area contributed by atoms with Crippen LogP contribution in [0.1, 0.15) is 16.9 Å². The molecule has 2 aromatic heterocycles. The number of carbonyl (C=O) groups is 1. The Bertz CT molecular complexity index is 608. The number of nitrogens with zero attached hydrogens (tertiary/aromatic N) is 3. The number of hydrogen-bond acceptors (Lipinski definition) is 3. The summed E-state index contributed by atoms with van der Waals surface area (Å²) in [6.45, 7) is 0.0782. The number of aromatic nitrogens is 2. The lowest BCUT2D eigenvalue weighted by Crippen LogP contribution is -2.24. The van der Waals surface area contributed by atoms with E-state index in [4.69, 9.17) is 0 Å². The van der Waals surface area contributed by atoms with Crippen LogP contribution in [0.3, 0.4) is 0 Å². The molecule has 2 aromatic rings. The van der Waals surface area contributed by atoms with E-state index in [9.17, 15) is 13.6 Å². The van der Waals surface area contributed by atoms with Gasteiger partial charge in [-0.15, -0.1) is 0 Å². The topological polar surface area (TPSA) is 37.6 Å². The van der Waals surface area contributed by atoms with Gasteiger partial charge in [-0.3, -0.25) is 9.20 Å². The number of hydrogen-bond donors (Lipinski definition) is 0. The van der Waals surface area contributed by atoms with Gasteiger partial charge in [-0.2, -0.15) is 0 Å². The smallest absolute Gasteiger partial charge is 0.266 e. The molecule has 0 atom stereocenters. The van der Waals surface area contributed by atoms with Crippen molar-refractivity contribution in [2.24, 2.45) is 0 Å². The third-order valence-corrected chi connectivity index (χ3v) is 3.18. The van der Waals surface area contributed by atoms with Gasteiger partial charge in [0.05, 0.1) is 12.7 Å². The normalized spacial score (nSPS) is 18.4. The molecule has 6 heteroatoms. The van der Waals surface area contributed by atoms with Crippen LogP contribution < -0.4 is 4.90 Å². The van der Waals surface area contributed by atoms with Gasteiger partial charge in [0.15, 0.2) is 6.29 Å². The summed E-state index contributed by atoms with van der Waals surface area (Å²) in [6, 6.07) is 3.44. The Kier molecular flexibility index (Phi) is 2.33. The lowest BCUT2D eigenvalue weighted by Gasteiger charge is -2.18. The van der Waals surface area contributed by atoms with E-state index in [1.807, 2.05) is 0 Å². The van der Waals surface area contributed by atoms with E-state index in [0.29, 0.717) is 29.9 Å². The molecule has 4 nitrogen and oxygen atoms in total. The Morgan fingerprint density at radius 1 is 1.44 bits per heavy atom. The standard InChI is InChI=1S/C12H11F2N3O/c13-12(14)2-4-16(8-12)9-1-3-17-10(7-18)6-15-11(17)5-9/h1,3,5-7H,2,4,8H2. The van der Waals surface area contributed by atoms with E-state index in [2.05, 4.69) is 4.98 Å². The molecule has 0 aliphatic carbocycles. The summed E-state index contributed by atoms with van der Waals surface area (Å²) >= 11 is 0. The molecular weight excluding hydrogens is 240 g/mol. The molecule has 0 spiro atoms. The van der Waals surface area contributed by atoms with Crippen LogP contribution in [-0.4, -0.2) is 34.7 Å². The fraction of sp³-hybridized carbons (Fsp3) is 0.333. The van der Waals surface area contributed by atoms with Gasteiger partial charge in [0, 0.05) is 30.9 Å².